The van der Waals surface area contributed by atoms with Gasteiger partial charge in [-0.2, -0.15) is 0 Å². The molecule has 1 fully saturated rings. The Hall–Kier alpha value is -1.46. The minimum Gasteiger partial charge on any atom is -0.329 e. The van der Waals surface area contributed by atoms with Crippen LogP contribution in [0, 0.1) is 0 Å². The van der Waals surface area contributed by atoms with Crippen molar-refractivity contribution in [1.82, 2.24) is 15.3 Å². The molecule has 4 nitrogen and oxygen atoms in total. The molecule has 2 aromatic rings. The lowest BCUT2D eigenvalue weighted by Crippen LogP contribution is -2.29. The highest BCUT2D eigenvalue weighted by Gasteiger charge is 1.92. The van der Waals surface area contributed by atoms with Gasteiger partial charge in [-0.15, -0.1) is 11.3 Å². The van der Waals surface area contributed by atoms with E-state index in [0.29, 0.717) is 0 Å². The number of pyridine rings is 1. The van der Waals surface area contributed by atoms with Crippen molar-refractivity contribution in [3.05, 3.63) is 51.8 Å². The molecule has 0 amide bonds. The van der Waals surface area contributed by atoms with Crippen LogP contribution < -0.4 is 10.9 Å². The number of hydrogen-bond acceptors (Lipinski definition) is 4. The largest absolute Gasteiger partial charge is 0.329 e. The second-order valence-electron chi connectivity index (χ2n) is 3.01. The molecule has 2 aromatic heterocycles. The van der Waals surface area contributed by atoms with E-state index in [-0.39, 0.29) is 5.56 Å². The van der Waals surface area contributed by atoms with Crippen molar-refractivity contribution in [2.45, 2.75) is 6.42 Å². The molecule has 1 aliphatic rings. The zero-order valence-electron chi connectivity index (χ0n) is 8.93. The van der Waals surface area contributed by atoms with E-state index in [9.17, 15) is 4.79 Å². The summed E-state index contributed by atoms with van der Waals surface area (Å²) in [5.74, 6) is 0. The average Bonchev–Trinajstić information content (AvgIpc) is 2.73. The highest BCUT2D eigenvalue weighted by Crippen LogP contribution is 1.85. The number of rotatable bonds is 0. The molecule has 86 valence electrons. The number of nitrogens with one attached hydrogen (secondary N) is 2. The monoisotopic (exact) mass is 237 g/mol. The first-order chi connectivity index (χ1) is 7.89. The van der Waals surface area contributed by atoms with Crippen molar-refractivity contribution in [2.75, 3.05) is 13.1 Å². The van der Waals surface area contributed by atoms with Crippen molar-refractivity contribution in [1.29, 1.82) is 0 Å². The van der Waals surface area contributed by atoms with Gasteiger partial charge in [0.05, 0.1) is 5.51 Å². The zero-order chi connectivity index (χ0) is 11.5. The second-order valence-corrected chi connectivity index (χ2v) is 3.76. The maximum absolute atomic E-state index is 10.2. The molecule has 5 heteroatoms. The van der Waals surface area contributed by atoms with Crippen LogP contribution >= 0.6 is 11.3 Å². The summed E-state index contributed by atoms with van der Waals surface area (Å²) in [5, 5.41) is 5.04. The van der Waals surface area contributed by atoms with Crippen molar-refractivity contribution >= 4 is 11.3 Å². The number of hydrogen-bond donors (Lipinski definition) is 2. The highest BCUT2D eigenvalue weighted by molar-refractivity contribution is 7.07. The van der Waals surface area contributed by atoms with Gasteiger partial charge in [0.25, 0.3) is 0 Å². The first-order valence-corrected chi connectivity index (χ1v) is 6.00. The molecule has 0 saturated carbocycles. The molecule has 0 aliphatic carbocycles. The Kier molecular flexibility index (Phi) is 6.95. The Morgan fingerprint density at radius 2 is 2.06 bits per heavy atom. The first-order valence-electron chi connectivity index (χ1n) is 5.06. The summed E-state index contributed by atoms with van der Waals surface area (Å²) in [6.45, 7) is 2.50. The first kappa shape index (κ1) is 12.6. The molecule has 3 heterocycles. The molecular weight excluding hydrogens is 222 g/mol. The van der Waals surface area contributed by atoms with Crippen molar-refractivity contribution < 1.29 is 0 Å². The van der Waals surface area contributed by atoms with Gasteiger partial charge in [0.2, 0.25) is 5.56 Å². The predicted molar refractivity (Wildman–Crippen MR) is 66.7 cm³/mol. The van der Waals surface area contributed by atoms with Crippen molar-refractivity contribution in [3.63, 3.8) is 0 Å². The van der Waals surface area contributed by atoms with Crippen LogP contribution in [0.1, 0.15) is 6.42 Å². The van der Waals surface area contributed by atoms with Crippen LogP contribution in [0.4, 0.5) is 0 Å². The van der Waals surface area contributed by atoms with Crippen LogP contribution in [-0.2, 0) is 0 Å². The SMILES string of the molecule is C1CNC1.O=c1cccc[nH]1.c1cscn1. The Morgan fingerprint density at radius 3 is 2.25 bits per heavy atom. The molecular formula is C11H15N3OS. The number of nitrogens with zero attached hydrogens (tertiary/aromatic N) is 1. The van der Waals surface area contributed by atoms with Crippen LogP contribution in [0.5, 0.6) is 0 Å². The topological polar surface area (TPSA) is 57.8 Å². The van der Waals surface area contributed by atoms with Crippen LogP contribution in [0.15, 0.2) is 46.3 Å². The van der Waals surface area contributed by atoms with Gasteiger partial charge in [-0.05, 0) is 25.6 Å². The van der Waals surface area contributed by atoms with Gasteiger partial charge in [-0.3, -0.25) is 9.78 Å². The van der Waals surface area contributed by atoms with E-state index in [1.54, 1.807) is 41.4 Å². The molecule has 16 heavy (non-hydrogen) atoms. The molecule has 0 aromatic carbocycles. The minimum atomic E-state index is -0.0532. The lowest BCUT2D eigenvalue weighted by molar-refractivity contribution is 0.527. The van der Waals surface area contributed by atoms with Gasteiger partial charge in [0, 0.05) is 23.8 Å². The van der Waals surface area contributed by atoms with Gasteiger partial charge < -0.3 is 10.3 Å². The number of thiazole rings is 1. The zero-order valence-corrected chi connectivity index (χ0v) is 9.74. The van der Waals surface area contributed by atoms with E-state index in [2.05, 4.69) is 15.3 Å². The summed E-state index contributed by atoms with van der Waals surface area (Å²) in [4.78, 5) is 16.4. The third-order valence-corrected chi connectivity index (χ3v) is 2.26. The number of aromatic amines is 1. The maximum atomic E-state index is 10.2. The number of H-pyrrole nitrogens is 1. The Bertz CT molecular complexity index is 357. The third kappa shape index (κ3) is 6.92. The standard InChI is InChI=1S/C5H5NO.C3H3NS.C3H7N/c7-5-3-1-2-4-6-5;1-2-5-3-4-1;1-2-4-3-1/h1-4H,(H,6,7);1-3H;4H,1-3H2. The lowest BCUT2D eigenvalue weighted by Gasteiger charge is -2.09. The van der Waals surface area contributed by atoms with Gasteiger partial charge in [0.1, 0.15) is 0 Å². The molecule has 0 atom stereocenters. The Balaban J connectivity index is 0.000000125. The summed E-state index contributed by atoms with van der Waals surface area (Å²) in [7, 11) is 0. The molecule has 0 unspecified atom stereocenters. The summed E-state index contributed by atoms with van der Waals surface area (Å²) < 4.78 is 0. The number of aromatic nitrogens is 2. The molecule has 3 rings (SSSR count). The molecule has 0 bridgehead atoms. The second kappa shape index (κ2) is 8.82. The predicted octanol–water partition coefficient (Wildman–Crippen LogP) is 1.50. The molecule has 2 N–H and O–H groups in total. The van der Waals surface area contributed by atoms with E-state index in [1.165, 1.54) is 25.6 Å². The Labute approximate surface area is 98.4 Å². The van der Waals surface area contributed by atoms with Crippen LogP contribution in [0.25, 0.3) is 0 Å². The lowest BCUT2D eigenvalue weighted by atomic mass is 10.3. The summed E-state index contributed by atoms with van der Waals surface area (Å²) in [5.41, 5.74) is 1.74. The van der Waals surface area contributed by atoms with Gasteiger partial charge in [0.15, 0.2) is 0 Å². The van der Waals surface area contributed by atoms with Crippen molar-refractivity contribution in [3.8, 4) is 0 Å². The quantitative estimate of drug-likeness (QED) is 0.730. The van der Waals surface area contributed by atoms with E-state index >= 15 is 0 Å². The fraction of sp³-hybridized carbons (Fsp3) is 0.273. The van der Waals surface area contributed by atoms with Crippen LogP contribution in [-0.4, -0.2) is 23.1 Å². The summed E-state index contributed by atoms with van der Waals surface area (Å²) >= 11 is 1.60. The van der Waals surface area contributed by atoms with E-state index in [0.717, 1.165) is 0 Å². The molecule has 0 radical (unpaired) electrons. The van der Waals surface area contributed by atoms with Gasteiger partial charge in [-0.25, -0.2) is 0 Å². The van der Waals surface area contributed by atoms with Crippen LogP contribution in [0.2, 0.25) is 0 Å². The van der Waals surface area contributed by atoms with Crippen molar-refractivity contribution in [2.24, 2.45) is 0 Å². The van der Waals surface area contributed by atoms with Gasteiger partial charge in [-0.1, -0.05) is 6.07 Å². The molecule has 0 spiro atoms. The summed E-state index contributed by atoms with van der Waals surface area (Å²) in [6, 6.07) is 4.93. The van der Waals surface area contributed by atoms with Crippen LogP contribution in [0.3, 0.4) is 0 Å². The average molecular weight is 237 g/mol. The Morgan fingerprint density at radius 1 is 1.31 bits per heavy atom. The molecule has 1 aliphatic heterocycles. The van der Waals surface area contributed by atoms with Gasteiger partial charge >= 0.3 is 0 Å². The third-order valence-electron chi connectivity index (χ3n) is 1.73. The van der Waals surface area contributed by atoms with E-state index in [1.807, 2.05) is 5.38 Å². The minimum absolute atomic E-state index is 0.0532. The maximum Gasteiger partial charge on any atom is 0.247 e. The smallest absolute Gasteiger partial charge is 0.247 e. The summed E-state index contributed by atoms with van der Waals surface area (Å²) in [6.07, 6.45) is 4.76. The van der Waals surface area contributed by atoms with E-state index < -0.39 is 0 Å². The normalized spacial score (nSPS) is 12.2. The fourth-order valence-corrected chi connectivity index (χ4v) is 1.08. The van der Waals surface area contributed by atoms with E-state index in [4.69, 9.17) is 0 Å². The highest BCUT2D eigenvalue weighted by atomic mass is 32.1. The molecule has 1 saturated heterocycles. The fourth-order valence-electron chi connectivity index (χ4n) is 0.729.